The lowest BCUT2D eigenvalue weighted by Crippen LogP contribution is -2.68. The van der Waals surface area contributed by atoms with Gasteiger partial charge in [-0.1, -0.05) is 24.6 Å². The lowest BCUT2D eigenvalue weighted by atomic mass is 9.68. The molecule has 1 amide bonds. The molecule has 0 unspecified atom stereocenters. The predicted octanol–water partition coefficient (Wildman–Crippen LogP) is 3.74. The minimum atomic E-state index is -0.282. The van der Waals surface area contributed by atoms with Crippen molar-refractivity contribution in [2.24, 2.45) is 5.92 Å². The number of fused-ring (bicyclic) bond motifs is 4. The molecule has 1 saturated heterocycles. The predicted molar refractivity (Wildman–Crippen MR) is 127 cm³/mol. The molecule has 1 saturated carbocycles. The lowest BCUT2D eigenvalue weighted by molar-refractivity contribution is -0.148. The zero-order valence-corrected chi connectivity index (χ0v) is 19.4. The second-order valence-corrected chi connectivity index (χ2v) is 10.1. The third kappa shape index (κ3) is 3.25. The van der Waals surface area contributed by atoms with Crippen molar-refractivity contribution < 1.29 is 19.0 Å². The molecule has 178 valence electrons. The maximum Gasteiger partial charge on any atom is 0.225 e. The number of nitrogens with one attached hydrogen (secondary N) is 1. The van der Waals surface area contributed by atoms with Crippen LogP contribution in [0.2, 0.25) is 0 Å². The van der Waals surface area contributed by atoms with E-state index in [0.29, 0.717) is 31.7 Å². The van der Waals surface area contributed by atoms with E-state index in [1.807, 2.05) is 23.1 Å². The van der Waals surface area contributed by atoms with Crippen LogP contribution in [0, 0.1) is 11.7 Å². The Bertz CT molecular complexity index is 1250. The number of likely N-dealkylation sites (tertiary alicyclic amines) is 1. The summed E-state index contributed by atoms with van der Waals surface area (Å²) >= 11 is 0. The fourth-order valence-electron chi connectivity index (χ4n) is 6.14. The minimum Gasteiger partial charge on any atom is -0.497 e. The molecule has 6 nitrogen and oxygen atoms in total. The number of aromatic amines is 1. The number of aliphatic hydroxyl groups is 1. The number of H-pyrrole nitrogens is 1. The van der Waals surface area contributed by atoms with Crippen LogP contribution < -0.4 is 4.74 Å². The summed E-state index contributed by atoms with van der Waals surface area (Å²) < 4.78 is 20.0. The van der Waals surface area contributed by atoms with Gasteiger partial charge in [0.05, 0.1) is 19.8 Å². The number of aromatic nitrogens is 1. The molecule has 0 radical (unpaired) electrons. The number of benzene rings is 2. The van der Waals surface area contributed by atoms with Gasteiger partial charge in [-0.2, -0.15) is 0 Å². The molecule has 1 atom stereocenters. The van der Waals surface area contributed by atoms with Crippen molar-refractivity contribution in [2.75, 3.05) is 33.4 Å². The van der Waals surface area contributed by atoms with Crippen molar-refractivity contribution >= 4 is 16.8 Å². The van der Waals surface area contributed by atoms with Gasteiger partial charge in [-0.15, -0.1) is 0 Å². The average molecular weight is 464 g/mol. The Morgan fingerprint density at radius 1 is 1.21 bits per heavy atom. The Balaban J connectivity index is 1.41. The monoisotopic (exact) mass is 463 g/mol. The number of aliphatic hydroxyl groups excluding tert-OH is 1. The van der Waals surface area contributed by atoms with Gasteiger partial charge in [0.1, 0.15) is 11.6 Å². The van der Waals surface area contributed by atoms with E-state index < -0.39 is 0 Å². The Labute approximate surface area is 198 Å². The summed E-state index contributed by atoms with van der Waals surface area (Å²) in [6.07, 6.45) is 3.12. The first-order valence-corrected chi connectivity index (χ1v) is 12.1. The van der Waals surface area contributed by atoms with E-state index in [9.17, 15) is 14.3 Å². The van der Waals surface area contributed by atoms with E-state index in [-0.39, 0.29) is 35.7 Å². The zero-order valence-electron chi connectivity index (χ0n) is 19.4. The van der Waals surface area contributed by atoms with Crippen LogP contribution in [0.5, 0.6) is 5.75 Å². The number of amides is 1. The van der Waals surface area contributed by atoms with Gasteiger partial charge in [0.2, 0.25) is 5.91 Å². The molecule has 6 rings (SSSR count). The highest BCUT2D eigenvalue weighted by Crippen LogP contribution is 2.49. The third-order valence-electron chi connectivity index (χ3n) is 8.10. The molecular formula is C27H30FN3O3. The fourth-order valence-corrected chi connectivity index (χ4v) is 6.14. The van der Waals surface area contributed by atoms with Crippen LogP contribution in [0.15, 0.2) is 42.5 Å². The molecule has 2 aromatic carbocycles. The van der Waals surface area contributed by atoms with E-state index in [1.165, 1.54) is 11.6 Å². The summed E-state index contributed by atoms with van der Waals surface area (Å²) in [4.78, 5) is 20.7. The van der Waals surface area contributed by atoms with Gasteiger partial charge in [0.25, 0.3) is 0 Å². The highest BCUT2D eigenvalue weighted by Gasteiger charge is 2.54. The maximum absolute atomic E-state index is 14.5. The largest absolute Gasteiger partial charge is 0.497 e. The quantitative estimate of drug-likeness (QED) is 0.605. The highest BCUT2D eigenvalue weighted by molar-refractivity contribution is 5.89. The van der Waals surface area contributed by atoms with Crippen molar-refractivity contribution in [1.29, 1.82) is 0 Å². The third-order valence-corrected chi connectivity index (χ3v) is 8.10. The summed E-state index contributed by atoms with van der Waals surface area (Å²) in [6.45, 7) is 2.29. The van der Waals surface area contributed by atoms with Crippen LogP contribution in [0.1, 0.15) is 42.1 Å². The van der Waals surface area contributed by atoms with E-state index in [2.05, 4.69) is 16.0 Å². The molecule has 0 bridgehead atoms. The molecule has 3 aliphatic rings. The summed E-state index contributed by atoms with van der Waals surface area (Å²) in [7, 11) is 1.65. The van der Waals surface area contributed by atoms with Crippen molar-refractivity contribution in [2.45, 2.75) is 37.3 Å². The van der Waals surface area contributed by atoms with Crippen LogP contribution in [0.3, 0.4) is 0 Å². The number of rotatable bonds is 5. The first kappa shape index (κ1) is 21.6. The van der Waals surface area contributed by atoms with Crippen LogP contribution in [-0.2, 0) is 16.8 Å². The summed E-state index contributed by atoms with van der Waals surface area (Å²) in [5.41, 5.74) is 3.46. The molecular weight excluding hydrogens is 433 g/mol. The standard InChI is InChI=1S/C27H30FN3O3/c1-34-19-9-10-20-22(11-19)29-25-23(13-32)30(12-18-5-2-3-8-21(18)28)14-27(24(20)25)15-31(16-27)26(33)17-6-4-7-17/h2-3,5,8-11,17,23,29,32H,4,6-7,12-16H2,1H3/t23-/m1/s1. The Kier molecular flexibility index (Phi) is 5.15. The number of carbonyl (C=O) groups excluding carboxylic acids is 1. The molecule has 3 heterocycles. The molecule has 2 aliphatic heterocycles. The van der Waals surface area contributed by atoms with Crippen molar-refractivity contribution in [3.63, 3.8) is 0 Å². The highest BCUT2D eigenvalue weighted by atomic mass is 19.1. The smallest absolute Gasteiger partial charge is 0.225 e. The SMILES string of the molecule is COc1ccc2c3c([nH]c2c1)[C@@H](CO)N(Cc1ccccc1F)CC31CN(C(=O)C2CCC2)C1. The number of hydrogen-bond donors (Lipinski definition) is 2. The van der Waals surface area contributed by atoms with Gasteiger partial charge in [0.15, 0.2) is 0 Å². The molecule has 1 aromatic heterocycles. The van der Waals surface area contributed by atoms with Crippen LogP contribution in [-0.4, -0.2) is 59.1 Å². The van der Waals surface area contributed by atoms with Crippen molar-refractivity contribution in [3.05, 3.63) is 65.1 Å². The number of methoxy groups -OCH3 is 1. The molecule has 7 heteroatoms. The molecule has 3 aromatic rings. The number of ether oxygens (including phenoxy) is 1. The van der Waals surface area contributed by atoms with E-state index in [1.54, 1.807) is 19.2 Å². The molecule has 34 heavy (non-hydrogen) atoms. The maximum atomic E-state index is 14.5. The molecule has 2 N–H and O–H groups in total. The number of halogens is 1. The number of nitrogens with zero attached hydrogens (tertiary/aromatic N) is 2. The second-order valence-electron chi connectivity index (χ2n) is 10.1. The van der Waals surface area contributed by atoms with Gasteiger partial charge in [-0.25, -0.2) is 4.39 Å². The molecule has 1 spiro atoms. The van der Waals surface area contributed by atoms with Gasteiger partial charge in [0, 0.05) is 65.7 Å². The minimum absolute atomic E-state index is 0.0772. The van der Waals surface area contributed by atoms with E-state index in [0.717, 1.165) is 41.6 Å². The van der Waals surface area contributed by atoms with Crippen LogP contribution in [0.25, 0.3) is 10.9 Å². The topological polar surface area (TPSA) is 68.8 Å². The summed E-state index contributed by atoms with van der Waals surface area (Å²) in [5, 5.41) is 11.6. The summed E-state index contributed by atoms with van der Waals surface area (Å²) in [6, 6.07) is 12.5. The molecule has 1 aliphatic carbocycles. The Hall–Kier alpha value is -2.90. The van der Waals surface area contributed by atoms with Crippen molar-refractivity contribution in [1.82, 2.24) is 14.8 Å². The number of carbonyl (C=O) groups is 1. The first-order chi connectivity index (χ1) is 16.5. The zero-order chi connectivity index (χ0) is 23.4. The van der Waals surface area contributed by atoms with E-state index in [4.69, 9.17) is 4.74 Å². The average Bonchev–Trinajstić information content (AvgIpc) is 3.16. The van der Waals surface area contributed by atoms with Gasteiger partial charge in [-0.3, -0.25) is 9.69 Å². The number of hydrogen-bond acceptors (Lipinski definition) is 4. The van der Waals surface area contributed by atoms with Crippen molar-refractivity contribution in [3.8, 4) is 5.75 Å². The van der Waals surface area contributed by atoms with E-state index >= 15 is 0 Å². The lowest BCUT2D eigenvalue weighted by Gasteiger charge is -2.57. The normalized spacial score (nSPS) is 21.9. The second kappa shape index (κ2) is 8.10. The Morgan fingerprint density at radius 3 is 2.68 bits per heavy atom. The van der Waals surface area contributed by atoms with Gasteiger partial charge >= 0.3 is 0 Å². The van der Waals surface area contributed by atoms with Gasteiger partial charge in [-0.05, 0) is 36.6 Å². The first-order valence-electron chi connectivity index (χ1n) is 12.1. The summed E-state index contributed by atoms with van der Waals surface area (Å²) in [5.74, 6) is 0.965. The van der Waals surface area contributed by atoms with Crippen LogP contribution in [0.4, 0.5) is 4.39 Å². The molecule has 2 fully saturated rings. The van der Waals surface area contributed by atoms with Crippen LogP contribution >= 0.6 is 0 Å². The Morgan fingerprint density at radius 2 is 2.00 bits per heavy atom. The van der Waals surface area contributed by atoms with Gasteiger partial charge < -0.3 is 19.7 Å². The fraction of sp³-hybridized carbons (Fsp3) is 0.444.